The third-order valence-corrected chi connectivity index (χ3v) is 4.41. The largest absolute Gasteiger partial charge is 0.311 e. The quantitative estimate of drug-likeness (QED) is 0.872. The molecule has 1 N–H and O–H groups in total. The molecule has 96 valence electrons. The monoisotopic (exact) mass is 253 g/mol. The summed E-state index contributed by atoms with van der Waals surface area (Å²) in [5, 5.41) is 4.87. The Bertz CT molecular complexity index is 335. The number of piperazine rings is 1. The SMILES string of the molecule is CCCC1CN(Cc2ncc(CC)s2)CCN1. The zero-order valence-corrected chi connectivity index (χ0v) is 11.7. The first-order valence-electron chi connectivity index (χ1n) is 6.71. The van der Waals surface area contributed by atoms with Crippen molar-refractivity contribution in [2.75, 3.05) is 19.6 Å². The molecule has 0 aliphatic carbocycles. The van der Waals surface area contributed by atoms with Crippen LogP contribution in [0.15, 0.2) is 6.20 Å². The van der Waals surface area contributed by atoms with Gasteiger partial charge in [-0.05, 0) is 12.8 Å². The molecule has 1 unspecified atom stereocenters. The number of aromatic nitrogens is 1. The van der Waals surface area contributed by atoms with Crippen molar-refractivity contribution >= 4 is 11.3 Å². The molecule has 0 saturated carbocycles. The molecule has 1 fully saturated rings. The zero-order chi connectivity index (χ0) is 12.1. The van der Waals surface area contributed by atoms with Gasteiger partial charge in [0.2, 0.25) is 0 Å². The molecular formula is C13H23N3S. The topological polar surface area (TPSA) is 28.2 Å². The Balaban J connectivity index is 1.85. The van der Waals surface area contributed by atoms with Crippen LogP contribution in [0.3, 0.4) is 0 Å². The van der Waals surface area contributed by atoms with Crippen LogP contribution in [0.25, 0.3) is 0 Å². The molecule has 0 spiro atoms. The molecule has 0 amide bonds. The number of hydrogen-bond donors (Lipinski definition) is 1. The second kappa shape index (κ2) is 6.47. The van der Waals surface area contributed by atoms with Gasteiger partial charge in [-0.15, -0.1) is 11.3 Å². The zero-order valence-electron chi connectivity index (χ0n) is 10.9. The summed E-state index contributed by atoms with van der Waals surface area (Å²) in [6, 6.07) is 0.680. The minimum Gasteiger partial charge on any atom is -0.311 e. The van der Waals surface area contributed by atoms with Crippen LogP contribution in [0, 0.1) is 0 Å². The Labute approximate surface area is 108 Å². The second-order valence-electron chi connectivity index (χ2n) is 4.75. The van der Waals surface area contributed by atoms with E-state index in [2.05, 4.69) is 29.0 Å². The smallest absolute Gasteiger partial charge is 0.107 e. The summed E-state index contributed by atoms with van der Waals surface area (Å²) < 4.78 is 0. The summed E-state index contributed by atoms with van der Waals surface area (Å²) in [6.45, 7) is 8.94. The fraction of sp³-hybridized carbons (Fsp3) is 0.769. The molecule has 3 nitrogen and oxygen atoms in total. The second-order valence-corrected chi connectivity index (χ2v) is 5.95. The van der Waals surface area contributed by atoms with Gasteiger partial charge in [0.1, 0.15) is 5.01 Å². The molecule has 1 aliphatic rings. The van der Waals surface area contributed by atoms with Crippen molar-refractivity contribution in [2.45, 2.75) is 45.7 Å². The first-order chi connectivity index (χ1) is 8.31. The van der Waals surface area contributed by atoms with Crippen LogP contribution in [0.2, 0.25) is 0 Å². The van der Waals surface area contributed by atoms with E-state index in [1.165, 1.54) is 29.3 Å². The highest BCUT2D eigenvalue weighted by Gasteiger charge is 2.19. The maximum atomic E-state index is 4.51. The van der Waals surface area contributed by atoms with Gasteiger partial charge >= 0.3 is 0 Å². The summed E-state index contributed by atoms with van der Waals surface area (Å²) in [5.74, 6) is 0. The summed E-state index contributed by atoms with van der Waals surface area (Å²) in [7, 11) is 0. The molecule has 1 atom stereocenters. The summed E-state index contributed by atoms with van der Waals surface area (Å²) in [4.78, 5) is 8.45. The fourth-order valence-corrected chi connectivity index (χ4v) is 3.26. The van der Waals surface area contributed by atoms with E-state index < -0.39 is 0 Å². The first kappa shape index (κ1) is 13.0. The molecule has 2 rings (SSSR count). The van der Waals surface area contributed by atoms with Crippen molar-refractivity contribution in [3.8, 4) is 0 Å². The van der Waals surface area contributed by atoms with E-state index in [-0.39, 0.29) is 0 Å². The van der Waals surface area contributed by atoms with Crippen molar-refractivity contribution in [1.29, 1.82) is 0 Å². The third-order valence-electron chi connectivity index (χ3n) is 3.29. The van der Waals surface area contributed by atoms with Crippen molar-refractivity contribution in [2.24, 2.45) is 0 Å². The Morgan fingerprint density at radius 1 is 1.53 bits per heavy atom. The van der Waals surface area contributed by atoms with E-state index in [4.69, 9.17) is 0 Å². The van der Waals surface area contributed by atoms with E-state index in [0.29, 0.717) is 6.04 Å². The van der Waals surface area contributed by atoms with Crippen LogP contribution >= 0.6 is 11.3 Å². The van der Waals surface area contributed by atoms with Crippen LogP contribution < -0.4 is 5.32 Å². The predicted octanol–water partition coefficient (Wildman–Crippen LogP) is 2.28. The van der Waals surface area contributed by atoms with Gasteiger partial charge in [-0.1, -0.05) is 20.3 Å². The van der Waals surface area contributed by atoms with E-state index in [0.717, 1.165) is 26.1 Å². The summed E-state index contributed by atoms with van der Waals surface area (Å²) in [5.41, 5.74) is 0. The molecule has 4 heteroatoms. The predicted molar refractivity (Wildman–Crippen MR) is 73.5 cm³/mol. The van der Waals surface area contributed by atoms with E-state index in [9.17, 15) is 0 Å². The van der Waals surface area contributed by atoms with Gasteiger partial charge in [0, 0.05) is 36.8 Å². The van der Waals surface area contributed by atoms with Gasteiger partial charge in [0.15, 0.2) is 0 Å². The van der Waals surface area contributed by atoms with E-state index >= 15 is 0 Å². The fourth-order valence-electron chi connectivity index (χ4n) is 2.36. The van der Waals surface area contributed by atoms with Crippen LogP contribution in [0.4, 0.5) is 0 Å². The lowest BCUT2D eigenvalue weighted by atomic mass is 10.1. The molecule has 0 aromatic carbocycles. The third kappa shape index (κ3) is 3.76. The Morgan fingerprint density at radius 2 is 2.41 bits per heavy atom. The minimum atomic E-state index is 0.680. The lowest BCUT2D eigenvalue weighted by Crippen LogP contribution is -2.50. The van der Waals surface area contributed by atoms with Crippen molar-refractivity contribution < 1.29 is 0 Å². The van der Waals surface area contributed by atoms with Crippen LogP contribution in [-0.4, -0.2) is 35.6 Å². The minimum absolute atomic E-state index is 0.680. The highest BCUT2D eigenvalue weighted by atomic mass is 32.1. The first-order valence-corrected chi connectivity index (χ1v) is 7.52. The summed E-state index contributed by atoms with van der Waals surface area (Å²) >= 11 is 1.87. The normalized spacial score (nSPS) is 21.9. The molecule has 17 heavy (non-hydrogen) atoms. The van der Waals surface area contributed by atoms with Gasteiger partial charge in [-0.25, -0.2) is 4.98 Å². The number of hydrogen-bond acceptors (Lipinski definition) is 4. The Morgan fingerprint density at radius 3 is 3.12 bits per heavy atom. The summed E-state index contributed by atoms with van der Waals surface area (Å²) in [6.07, 6.45) is 5.70. The van der Waals surface area contributed by atoms with Crippen molar-refractivity contribution in [3.63, 3.8) is 0 Å². The Kier molecular flexibility index (Phi) is 4.95. The van der Waals surface area contributed by atoms with Crippen molar-refractivity contribution in [3.05, 3.63) is 16.1 Å². The molecule has 1 aliphatic heterocycles. The van der Waals surface area contributed by atoms with Gasteiger partial charge in [-0.2, -0.15) is 0 Å². The van der Waals surface area contributed by atoms with E-state index in [1.807, 2.05) is 17.5 Å². The van der Waals surface area contributed by atoms with Crippen molar-refractivity contribution in [1.82, 2.24) is 15.2 Å². The lowest BCUT2D eigenvalue weighted by molar-refractivity contribution is 0.186. The lowest BCUT2D eigenvalue weighted by Gasteiger charge is -2.33. The Hall–Kier alpha value is -0.450. The average molecular weight is 253 g/mol. The van der Waals surface area contributed by atoms with Crippen LogP contribution in [0.1, 0.15) is 36.6 Å². The molecule has 0 bridgehead atoms. The molecule has 1 saturated heterocycles. The average Bonchev–Trinajstić information content (AvgIpc) is 2.78. The number of nitrogens with zero attached hydrogens (tertiary/aromatic N) is 2. The molecule has 1 aromatic rings. The number of aryl methyl sites for hydroxylation is 1. The van der Waals surface area contributed by atoms with Crippen LogP contribution in [-0.2, 0) is 13.0 Å². The maximum absolute atomic E-state index is 4.51. The van der Waals surface area contributed by atoms with Gasteiger partial charge in [0.05, 0.1) is 6.54 Å². The van der Waals surface area contributed by atoms with Gasteiger partial charge in [-0.3, -0.25) is 4.90 Å². The van der Waals surface area contributed by atoms with Crippen LogP contribution in [0.5, 0.6) is 0 Å². The highest BCUT2D eigenvalue weighted by Crippen LogP contribution is 2.16. The molecular weight excluding hydrogens is 230 g/mol. The standard InChI is InChI=1S/C13H23N3S/c1-3-5-11-9-16(7-6-14-11)10-13-15-8-12(4-2)17-13/h8,11,14H,3-7,9-10H2,1-2H3. The molecule has 0 radical (unpaired) electrons. The number of nitrogens with one attached hydrogen (secondary N) is 1. The number of rotatable bonds is 5. The number of thiazole rings is 1. The maximum Gasteiger partial charge on any atom is 0.107 e. The van der Waals surface area contributed by atoms with Gasteiger partial charge < -0.3 is 5.32 Å². The van der Waals surface area contributed by atoms with Gasteiger partial charge in [0.25, 0.3) is 0 Å². The van der Waals surface area contributed by atoms with E-state index in [1.54, 1.807) is 0 Å². The molecule has 1 aromatic heterocycles. The molecule has 2 heterocycles. The highest BCUT2D eigenvalue weighted by molar-refractivity contribution is 7.11.